The van der Waals surface area contributed by atoms with E-state index in [-0.39, 0.29) is 5.91 Å². The second-order valence-electron chi connectivity index (χ2n) is 7.24. The van der Waals surface area contributed by atoms with E-state index < -0.39 is 0 Å². The molecule has 1 aliphatic rings. The van der Waals surface area contributed by atoms with E-state index in [1.54, 1.807) is 35.2 Å². The van der Waals surface area contributed by atoms with Crippen molar-refractivity contribution in [3.05, 3.63) is 82.9 Å². The van der Waals surface area contributed by atoms with Crippen molar-refractivity contribution in [3.63, 3.8) is 0 Å². The van der Waals surface area contributed by atoms with Crippen molar-refractivity contribution >= 4 is 23.2 Å². The van der Waals surface area contributed by atoms with Crippen molar-refractivity contribution in [2.75, 3.05) is 26.3 Å². The van der Waals surface area contributed by atoms with E-state index in [9.17, 15) is 4.79 Å². The third kappa shape index (κ3) is 4.19. The summed E-state index contributed by atoms with van der Waals surface area (Å²) in [6.07, 6.45) is 5.09. The Balaban J connectivity index is 1.46. The van der Waals surface area contributed by atoms with Crippen LogP contribution in [0, 0.1) is 11.8 Å². The van der Waals surface area contributed by atoms with E-state index >= 15 is 0 Å². The number of aromatic nitrogens is 4. The van der Waals surface area contributed by atoms with Crippen LogP contribution in [0.2, 0.25) is 5.15 Å². The maximum atomic E-state index is 12.7. The number of morpholine rings is 1. The highest BCUT2D eigenvalue weighted by molar-refractivity contribution is 6.29. The predicted molar refractivity (Wildman–Crippen MR) is 120 cm³/mol. The fraction of sp³-hybridized carbons (Fsp3) is 0.167. The highest BCUT2D eigenvalue weighted by Crippen LogP contribution is 2.21. The first-order chi connectivity index (χ1) is 15.7. The molecule has 158 valence electrons. The van der Waals surface area contributed by atoms with Gasteiger partial charge in [-0.25, -0.2) is 14.5 Å². The Hall–Kier alpha value is -3.73. The van der Waals surface area contributed by atoms with Crippen LogP contribution >= 0.6 is 11.6 Å². The van der Waals surface area contributed by atoms with E-state index in [1.165, 1.54) is 0 Å². The average Bonchev–Trinajstić information content (AvgIpc) is 3.32. The van der Waals surface area contributed by atoms with Crippen molar-refractivity contribution < 1.29 is 9.53 Å². The molecule has 0 N–H and O–H groups in total. The topological polar surface area (TPSA) is 72.6 Å². The highest BCUT2D eigenvalue weighted by atomic mass is 35.5. The molecule has 4 heterocycles. The quantitative estimate of drug-likeness (QED) is 0.351. The molecular weight excluding hydrogens is 426 g/mol. The zero-order valence-corrected chi connectivity index (χ0v) is 17.8. The molecule has 4 aromatic rings. The molecule has 0 atom stereocenters. The molecule has 0 bridgehead atoms. The number of amides is 1. The van der Waals surface area contributed by atoms with Gasteiger partial charge in [0.15, 0.2) is 5.65 Å². The van der Waals surface area contributed by atoms with Crippen LogP contribution < -0.4 is 0 Å². The summed E-state index contributed by atoms with van der Waals surface area (Å²) in [6, 6.07) is 12.9. The first kappa shape index (κ1) is 20.2. The minimum absolute atomic E-state index is 0.0143. The number of benzene rings is 1. The first-order valence-electron chi connectivity index (χ1n) is 10.1. The number of hydrogen-bond donors (Lipinski definition) is 0. The highest BCUT2D eigenvalue weighted by Gasteiger charge is 2.18. The van der Waals surface area contributed by atoms with Gasteiger partial charge in [-0.15, -0.1) is 0 Å². The molecule has 1 saturated heterocycles. The zero-order chi connectivity index (χ0) is 21.9. The summed E-state index contributed by atoms with van der Waals surface area (Å²) in [6.45, 7) is 2.39. The number of nitrogens with zero attached hydrogens (tertiary/aromatic N) is 5. The molecular formula is C24H18ClN5O2. The summed E-state index contributed by atoms with van der Waals surface area (Å²) >= 11 is 5.96. The third-order valence-corrected chi connectivity index (χ3v) is 5.36. The van der Waals surface area contributed by atoms with Crippen LogP contribution in [0.1, 0.15) is 21.5 Å². The van der Waals surface area contributed by atoms with Crippen molar-refractivity contribution in [1.29, 1.82) is 0 Å². The van der Waals surface area contributed by atoms with Crippen molar-refractivity contribution in [3.8, 4) is 23.1 Å². The molecule has 3 aromatic heterocycles. The Morgan fingerprint density at radius 1 is 1.00 bits per heavy atom. The molecule has 0 spiro atoms. The van der Waals surface area contributed by atoms with Gasteiger partial charge in [-0.3, -0.25) is 4.79 Å². The molecule has 1 fully saturated rings. The molecule has 5 rings (SSSR count). The van der Waals surface area contributed by atoms with Gasteiger partial charge in [-0.1, -0.05) is 35.6 Å². The molecule has 7 nitrogen and oxygen atoms in total. The minimum atomic E-state index is 0.0143. The molecule has 32 heavy (non-hydrogen) atoms. The van der Waals surface area contributed by atoms with Crippen molar-refractivity contribution in [2.24, 2.45) is 0 Å². The number of carbonyl (C=O) groups excluding carboxylic acids is 1. The van der Waals surface area contributed by atoms with E-state index in [4.69, 9.17) is 16.3 Å². The van der Waals surface area contributed by atoms with Crippen molar-refractivity contribution in [2.45, 2.75) is 0 Å². The Kier molecular flexibility index (Phi) is 5.55. The smallest absolute Gasteiger partial charge is 0.254 e. The average molecular weight is 444 g/mol. The van der Waals surface area contributed by atoms with Gasteiger partial charge in [0.1, 0.15) is 5.15 Å². The van der Waals surface area contributed by atoms with Gasteiger partial charge in [0.25, 0.3) is 5.91 Å². The van der Waals surface area contributed by atoms with Crippen LogP contribution in [0.4, 0.5) is 0 Å². The molecule has 0 aliphatic carbocycles. The van der Waals surface area contributed by atoms with Crippen LogP contribution in [0.5, 0.6) is 0 Å². The Bertz CT molecular complexity index is 1350. The summed E-state index contributed by atoms with van der Waals surface area (Å²) in [7, 11) is 0. The SMILES string of the molecule is O=C(c1ccc(-c2cc(C#Cc3ccnc(Cl)c3)c3nccn3n2)cc1)N1CCOCC1. The number of ether oxygens (including phenoxy) is 1. The van der Waals surface area contributed by atoms with E-state index in [0.29, 0.717) is 42.7 Å². The standard InChI is InChI=1S/C24H18ClN5O2/c25-22-15-17(7-8-26-22)1-2-20-16-21(28-30-10-9-27-23(20)30)18-3-5-19(6-4-18)24(31)29-11-13-32-14-12-29/h3-10,15-16H,11-14H2. The van der Waals surface area contributed by atoms with Gasteiger partial charge in [0, 0.05) is 48.4 Å². The van der Waals surface area contributed by atoms with Crippen LogP contribution in [-0.4, -0.2) is 56.7 Å². The lowest BCUT2D eigenvalue weighted by atomic mass is 10.1. The monoisotopic (exact) mass is 443 g/mol. The number of pyridine rings is 1. The van der Waals surface area contributed by atoms with Gasteiger partial charge in [-0.05, 0) is 30.3 Å². The molecule has 0 radical (unpaired) electrons. The number of fused-ring (bicyclic) bond motifs is 1. The molecule has 8 heteroatoms. The summed E-state index contributed by atoms with van der Waals surface area (Å²) in [5.41, 5.74) is 4.43. The molecule has 1 aromatic carbocycles. The summed E-state index contributed by atoms with van der Waals surface area (Å²) in [5, 5.41) is 5.04. The van der Waals surface area contributed by atoms with Gasteiger partial charge >= 0.3 is 0 Å². The van der Waals surface area contributed by atoms with Gasteiger partial charge < -0.3 is 9.64 Å². The molecule has 1 aliphatic heterocycles. The lowest BCUT2D eigenvalue weighted by Crippen LogP contribution is -2.40. The summed E-state index contributed by atoms with van der Waals surface area (Å²) < 4.78 is 7.03. The number of halogens is 1. The normalized spacial score (nSPS) is 13.6. The fourth-order valence-electron chi connectivity index (χ4n) is 3.50. The van der Waals surface area contributed by atoms with Crippen molar-refractivity contribution in [1.82, 2.24) is 24.5 Å². The van der Waals surface area contributed by atoms with E-state index in [1.807, 2.05) is 35.2 Å². The maximum Gasteiger partial charge on any atom is 0.254 e. The second kappa shape index (κ2) is 8.79. The van der Waals surface area contributed by atoms with Crippen LogP contribution in [0.15, 0.2) is 61.1 Å². The van der Waals surface area contributed by atoms with Crippen LogP contribution in [0.3, 0.4) is 0 Å². The zero-order valence-electron chi connectivity index (χ0n) is 17.0. The fourth-order valence-corrected chi connectivity index (χ4v) is 3.68. The predicted octanol–water partition coefficient (Wildman–Crippen LogP) is 3.32. The number of imidazole rings is 1. The summed E-state index contributed by atoms with van der Waals surface area (Å²) in [5.74, 6) is 6.29. The first-order valence-corrected chi connectivity index (χ1v) is 10.5. The Morgan fingerprint density at radius 2 is 1.81 bits per heavy atom. The van der Waals surface area contributed by atoms with Crippen LogP contribution in [0.25, 0.3) is 16.9 Å². The molecule has 0 saturated carbocycles. The molecule has 1 amide bonds. The maximum absolute atomic E-state index is 12.7. The second-order valence-corrected chi connectivity index (χ2v) is 7.63. The van der Waals surface area contributed by atoms with Gasteiger partial charge in [0.2, 0.25) is 0 Å². The summed E-state index contributed by atoms with van der Waals surface area (Å²) in [4.78, 5) is 22.9. The largest absolute Gasteiger partial charge is 0.378 e. The lowest BCUT2D eigenvalue weighted by molar-refractivity contribution is 0.0303. The Labute approximate surface area is 189 Å². The van der Waals surface area contributed by atoms with Crippen LogP contribution in [-0.2, 0) is 4.74 Å². The van der Waals surface area contributed by atoms with E-state index in [0.717, 1.165) is 22.4 Å². The third-order valence-electron chi connectivity index (χ3n) is 5.15. The number of rotatable bonds is 2. The van der Waals surface area contributed by atoms with E-state index in [2.05, 4.69) is 26.9 Å². The minimum Gasteiger partial charge on any atom is -0.378 e. The number of hydrogen-bond acceptors (Lipinski definition) is 5. The Morgan fingerprint density at radius 3 is 2.59 bits per heavy atom. The number of carbonyl (C=O) groups is 1. The lowest BCUT2D eigenvalue weighted by Gasteiger charge is -2.26. The van der Waals surface area contributed by atoms with Gasteiger partial charge in [-0.2, -0.15) is 5.10 Å². The molecule has 0 unspecified atom stereocenters. The van der Waals surface area contributed by atoms with Gasteiger partial charge in [0.05, 0.1) is 24.5 Å².